The number of benzene rings is 2. The average molecular weight is 515 g/mol. The number of nitrogens with zero attached hydrogens (tertiary/aromatic N) is 4. The molecule has 1 saturated heterocycles. The predicted octanol–water partition coefficient (Wildman–Crippen LogP) is 4.49. The molecule has 4 rings (SSSR count). The summed E-state index contributed by atoms with van der Waals surface area (Å²) < 4.78 is 18.6. The first-order valence-corrected chi connectivity index (χ1v) is 14.6. The molecule has 0 radical (unpaired) electrons. The Balaban J connectivity index is 1.36. The molecule has 0 spiro atoms. The van der Waals surface area contributed by atoms with Crippen LogP contribution in [-0.4, -0.2) is 79.5 Å². The number of anilines is 4. The average Bonchev–Trinajstić information content (AvgIpc) is 2.83. The molecule has 2 N–H and O–H groups in total. The molecule has 3 aromatic rings. The summed E-state index contributed by atoms with van der Waals surface area (Å²) in [4.78, 5) is 13.6. The predicted molar refractivity (Wildman–Crippen MR) is 145 cm³/mol. The molecule has 35 heavy (non-hydrogen) atoms. The van der Waals surface area contributed by atoms with Gasteiger partial charge in [0.05, 0.1) is 11.9 Å². The minimum Gasteiger partial charge on any atom is -0.492 e. The van der Waals surface area contributed by atoms with Crippen molar-refractivity contribution in [1.29, 1.82) is 0 Å². The van der Waals surface area contributed by atoms with Crippen LogP contribution >= 0.6 is 18.7 Å². The van der Waals surface area contributed by atoms with Gasteiger partial charge in [-0.2, -0.15) is 4.98 Å². The highest BCUT2D eigenvalue weighted by Crippen LogP contribution is 2.38. The molecule has 10 heteroatoms. The van der Waals surface area contributed by atoms with Gasteiger partial charge in [-0.1, -0.05) is 23.7 Å². The molecule has 8 nitrogen and oxygen atoms in total. The van der Waals surface area contributed by atoms with Gasteiger partial charge in [0.2, 0.25) is 5.95 Å². The Hall–Kier alpha value is -2.64. The van der Waals surface area contributed by atoms with Crippen LogP contribution in [0.4, 0.5) is 23.1 Å². The summed E-state index contributed by atoms with van der Waals surface area (Å²) in [6.45, 7) is 9.45. The lowest BCUT2D eigenvalue weighted by atomic mass is 10.3. The van der Waals surface area contributed by atoms with Crippen LogP contribution in [0.5, 0.6) is 5.75 Å². The third kappa shape index (κ3) is 7.18. The third-order valence-electron chi connectivity index (χ3n) is 5.86. The van der Waals surface area contributed by atoms with Crippen molar-refractivity contribution in [3.8, 4) is 5.75 Å². The van der Waals surface area contributed by atoms with Crippen LogP contribution in [0, 0.1) is 0 Å². The molecule has 0 saturated carbocycles. The normalized spacial score (nSPS) is 15.1. The molecule has 0 amide bonds. The molecule has 0 bridgehead atoms. The van der Waals surface area contributed by atoms with E-state index in [9.17, 15) is 4.57 Å². The third-order valence-corrected chi connectivity index (χ3v) is 7.69. The number of aromatic nitrogens is 2. The maximum absolute atomic E-state index is 12.7. The molecular formula is C25H32ClN6O2P. The summed E-state index contributed by atoms with van der Waals surface area (Å²) in [6.07, 6.45) is 1.54. The number of para-hydroxylation sites is 1. The van der Waals surface area contributed by atoms with Crippen molar-refractivity contribution in [3.05, 3.63) is 59.8 Å². The smallest absolute Gasteiger partial charge is 0.229 e. The van der Waals surface area contributed by atoms with Crippen molar-refractivity contribution in [2.75, 3.05) is 70.3 Å². The first-order valence-electron chi connectivity index (χ1n) is 11.6. The molecule has 0 unspecified atom stereocenters. The largest absolute Gasteiger partial charge is 0.492 e. The second kappa shape index (κ2) is 11.4. The van der Waals surface area contributed by atoms with Gasteiger partial charge in [-0.05, 0) is 56.8 Å². The fraction of sp³-hybridized carbons (Fsp3) is 0.360. The van der Waals surface area contributed by atoms with Crippen molar-refractivity contribution in [2.45, 2.75) is 0 Å². The van der Waals surface area contributed by atoms with E-state index in [1.807, 2.05) is 48.5 Å². The maximum Gasteiger partial charge on any atom is 0.229 e. The van der Waals surface area contributed by atoms with Gasteiger partial charge in [-0.3, -0.25) is 4.90 Å². The van der Waals surface area contributed by atoms with Gasteiger partial charge in [0, 0.05) is 43.7 Å². The van der Waals surface area contributed by atoms with Crippen molar-refractivity contribution in [3.63, 3.8) is 0 Å². The minimum absolute atomic E-state index is 0.372. The second-order valence-corrected chi connectivity index (χ2v) is 12.6. The van der Waals surface area contributed by atoms with Crippen molar-refractivity contribution >= 4 is 47.2 Å². The number of hydrogen-bond donors (Lipinski definition) is 2. The van der Waals surface area contributed by atoms with Gasteiger partial charge in [-0.25, -0.2) is 4.98 Å². The van der Waals surface area contributed by atoms with Crippen LogP contribution in [-0.2, 0) is 4.57 Å². The van der Waals surface area contributed by atoms with Gasteiger partial charge in [0.25, 0.3) is 0 Å². The highest BCUT2D eigenvalue weighted by molar-refractivity contribution is 7.70. The topological polar surface area (TPSA) is 82.6 Å². The fourth-order valence-corrected chi connectivity index (χ4v) is 5.11. The van der Waals surface area contributed by atoms with Crippen LogP contribution in [0.3, 0.4) is 0 Å². The van der Waals surface area contributed by atoms with E-state index in [-0.39, 0.29) is 0 Å². The quantitative estimate of drug-likeness (QED) is 0.404. The van der Waals surface area contributed by atoms with E-state index in [0.717, 1.165) is 49.5 Å². The van der Waals surface area contributed by atoms with Crippen LogP contribution in [0.15, 0.2) is 54.7 Å². The van der Waals surface area contributed by atoms with Gasteiger partial charge >= 0.3 is 0 Å². The Morgan fingerprint density at radius 2 is 1.74 bits per heavy atom. The molecular weight excluding hydrogens is 483 g/mol. The summed E-state index contributed by atoms with van der Waals surface area (Å²) >= 11 is 6.34. The van der Waals surface area contributed by atoms with Crippen molar-refractivity contribution in [2.24, 2.45) is 0 Å². The lowest BCUT2D eigenvalue weighted by Gasteiger charge is -2.32. The molecule has 1 aromatic heterocycles. The number of rotatable bonds is 9. The Kier molecular flexibility index (Phi) is 8.29. The first kappa shape index (κ1) is 25.5. The fourth-order valence-electron chi connectivity index (χ4n) is 3.82. The van der Waals surface area contributed by atoms with E-state index in [0.29, 0.717) is 29.1 Å². The highest BCUT2D eigenvalue weighted by atomic mass is 35.5. The zero-order valence-corrected chi connectivity index (χ0v) is 22.0. The monoisotopic (exact) mass is 514 g/mol. The summed E-state index contributed by atoms with van der Waals surface area (Å²) in [5.74, 6) is 1.66. The van der Waals surface area contributed by atoms with Crippen LogP contribution in [0.25, 0.3) is 0 Å². The zero-order valence-electron chi connectivity index (χ0n) is 20.4. The summed E-state index contributed by atoms with van der Waals surface area (Å²) in [7, 11) is -0.321. The number of hydrogen-bond acceptors (Lipinski definition) is 8. The van der Waals surface area contributed by atoms with E-state index in [2.05, 4.69) is 37.4 Å². The van der Waals surface area contributed by atoms with E-state index < -0.39 is 7.14 Å². The molecule has 0 aliphatic carbocycles. The Bertz CT molecular complexity index is 1180. The van der Waals surface area contributed by atoms with Gasteiger partial charge in [-0.15, -0.1) is 0 Å². The standard InChI is InChI=1S/C25H32ClN6O2P/c1-31-12-14-32(15-13-31)16-17-34-20-10-8-19(9-11-20)28-25-27-18-21(26)24(30-25)29-22-6-4-5-7-23(22)35(2,3)33/h4-11,18H,12-17H2,1-3H3,(H2,27,28,29,30). The molecule has 1 aliphatic rings. The van der Waals surface area contributed by atoms with Crippen molar-refractivity contribution < 1.29 is 9.30 Å². The Morgan fingerprint density at radius 3 is 2.46 bits per heavy atom. The van der Waals surface area contributed by atoms with E-state index >= 15 is 0 Å². The number of ether oxygens (including phenoxy) is 1. The number of nitrogens with one attached hydrogen (secondary N) is 2. The number of piperazine rings is 1. The van der Waals surface area contributed by atoms with Crippen molar-refractivity contribution in [1.82, 2.24) is 19.8 Å². The molecule has 1 aliphatic heterocycles. The first-order chi connectivity index (χ1) is 16.8. The zero-order chi connectivity index (χ0) is 24.8. The maximum atomic E-state index is 12.7. The van der Waals surface area contributed by atoms with E-state index in [1.165, 1.54) is 6.20 Å². The van der Waals surface area contributed by atoms with Crippen LogP contribution in [0.1, 0.15) is 0 Å². The number of likely N-dealkylation sites (N-methyl/N-ethyl adjacent to an activating group) is 1. The SMILES string of the molecule is CN1CCN(CCOc2ccc(Nc3ncc(Cl)c(Nc4ccccc4P(C)(C)=O)n3)cc2)CC1. The van der Waals surface area contributed by atoms with Gasteiger partial charge in [0.1, 0.15) is 24.5 Å². The van der Waals surface area contributed by atoms with Crippen LogP contribution < -0.4 is 20.7 Å². The van der Waals surface area contributed by atoms with E-state index in [4.69, 9.17) is 16.3 Å². The van der Waals surface area contributed by atoms with Gasteiger partial charge < -0.3 is 24.8 Å². The Morgan fingerprint density at radius 1 is 1.03 bits per heavy atom. The van der Waals surface area contributed by atoms with Gasteiger partial charge in [0.15, 0.2) is 5.82 Å². The molecule has 186 valence electrons. The van der Waals surface area contributed by atoms with Crippen LogP contribution in [0.2, 0.25) is 5.02 Å². The molecule has 2 heterocycles. The summed E-state index contributed by atoms with van der Waals surface area (Å²) in [5.41, 5.74) is 1.54. The highest BCUT2D eigenvalue weighted by Gasteiger charge is 2.17. The summed E-state index contributed by atoms with van der Waals surface area (Å²) in [5, 5.41) is 7.53. The molecule has 2 aromatic carbocycles. The molecule has 1 fully saturated rings. The number of halogens is 1. The summed E-state index contributed by atoms with van der Waals surface area (Å²) in [6, 6.07) is 15.2. The van der Waals surface area contributed by atoms with E-state index in [1.54, 1.807) is 13.3 Å². The molecule has 0 atom stereocenters. The lowest BCUT2D eigenvalue weighted by molar-refractivity contribution is 0.134. The second-order valence-electron chi connectivity index (χ2n) is 9.03. The minimum atomic E-state index is -2.48. The lowest BCUT2D eigenvalue weighted by Crippen LogP contribution is -2.45. The Labute approximate surface area is 212 Å².